The Morgan fingerprint density at radius 3 is 1.33 bits per heavy atom. The molecule has 0 unspecified atom stereocenters. The summed E-state index contributed by atoms with van der Waals surface area (Å²) < 4.78 is 0.535. The van der Waals surface area contributed by atoms with Gasteiger partial charge in [0.1, 0.15) is 0 Å². The molecule has 1 aliphatic carbocycles. The van der Waals surface area contributed by atoms with Gasteiger partial charge in [0.25, 0.3) is 0 Å². The van der Waals surface area contributed by atoms with Crippen LogP contribution in [0.4, 0.5) is 0 Å². The Labute approximate surface area is 213 Å². The molecule has 0 heterocycles. The van der Waals surface area contributed by atoms with Crippen molar-refractivity contribution in [3.8, 4) is 0 Å². The predicted octanol–water partition coefficient (Wildman–Crippen LogP) is 10.3. The maximum absolute atomic E-state index is 12.7. The van der Waals surface area contributed by atoms with Crippen molar-refractivity contribution in [1.82, 2.24) is 0 Å². The second-order valence-corrected chi connectivity index (χ2v) is 10.8. The molecule has 0 aromatic carbocycles. The van der Waals surface area contributed by atoms with Gasteiger partial charge in [0.2, 0.25) is 0 Å². The van der Waals surface area contributed by atoms with Gasteiger partial charge in [-0.2, -0.15) is 0 Å². The van der Waals surface area contributed by atoms with E-state index in [1.54, 1.807) is 6.08 Å². The van der Waals surface area contributed by atoms with Crippen molar-refractivity contribution in [2.45, 2.75) is 155 Å². The number of halogens is 1. The Morgan fingerprint density at radius 2 is 0.909 bits per heavy atom. The van der Waals surface area contributed by atoms with Gasteiger partial charge in [-0.3, -0.25) is 9.59 Å². The fourth-order valence-electron chi connectivity index (χ4n) is 4.71. The summed E-state index contributed by atoms with van der Waals surface area (Å²) in [6.07, 6.45) is 28.7. The lowest BCUT2D eigenvalue weighted by molar-refractivity contribution is -0.115. The third-order valence-electron chi connectivity index (χ3n) is 6.94. The largest absolute Gasteiger partial charge is 0.290 e. The molecule has 0 saturated carbocycles. The fraction of sp³-hybridized carbons (Fsp3) is 0.800. The molecule has 0 amide bonds. The van der Waals surface area contributed by atoms with Crippen molar-refractivity contribution < 1.29 is 9.59 Å². The van der Waals surface area contributed by atoms with Gasteiger partial charge in [0.05, 0.1) is 4.48 Å². The molecule has 0 atom stereocenters. The van der Waals surface area contributed by atoms with E-state index in [0.717, 1.165) is 38.5 Å². The van der Waals surface area contributed by atoms with Crippen molar-refractivity contribution in [2.24, 2.45) is 0 Å². The van der Waals surface area contributed by atoms with E-state index in [4.69, 9.17) is 0 Å². The molecule has 0 fully saturated rings. The molecular weight excluding hydrogens is 472 g/mol. The lowest BCUT2D eigenvalue weighted by Gasteiger charge is -2.16. The predicted molar refractivity (Wildman–Crippen MR) is 147 cm³/mol. The number of unbranched alkanes of at least 4 members (excludes halogenated alkanes) is 18. The minimum atomic E-state index is 0.0487. The highest BCUT2D eigenvalue weighted by Crippen LogP contribution is 2.30. The van der Waals surface area contributed by atoms with Gasteiger partial charge < -0.3 is 0 Å². The van der Waals surface area contributed by atoms with Crippen LogP contribution in [0.1, 0.15) is 155 Å². The minimum absolute atomic E-state index is 0.0487. The Morgan fingerprint density at radius 1 is 0.545 bits per heavy atom. The van der Waals surface area contributed by atoms with Crippen LogP contribution < -0.4 is 0 Å². The quantitative estimate of drug-likeness (QED) is 0.104. The van der Waals surface area contributed by atoms with Crippen LogP contribution in [0, 0.1) is 0 Å². The van der Waals surface area contributed by atoms with Crippen LogP contribution in [0.5, 0.6) is 0 Å². The van der Waals surface area contributed by atoms with Crippen molar-refractivity contribution >= 4 is 27.5 Å². The fourth-order valence-corrected chi connectivity index (χ4v) is 5.36. The van der Waals surface area contributed by atoms with E-state index in [9.17, 15) is 9.59 Å². The molecule has 33 heavy (non-hydrogen) atoms. The monoisotopic (exact) mass is 522 g/mol. The van der Waals surface area contributed by atoms with Crippen molar-refractivity contribution in [1.29, 1.82) is 0 Å². The van der Waals surface area contributed by atoms with Crippen molar-refractivity contribution in [2.75, 3.05) is 0 Å². The normalized spacial score (nSPS) is 14.3. The van der Waals surface area contributed by atoms with Gasteiger partial charge in [-0.25, -0.2) is 0 Å². The number of allylic oxidation sites excluding steroid dienone is 4. The maximum atomic E-state index is 12.7. The Bertz CT molecular complexity index is 602. The van der Waals surface area contributed by atoms with Crippen LogP contribution in [-0.4, -0.2) is 11.6 Å². The standard InChI is InChI=1S/C30H51BrO2/c1-3-5-7-9-11-13-15-17-19-21-23-26-25-28(32)27(29(31)30(26)33)24-22-20-18-16-14-12-10-8-6-4-2/h25H,3-24H2,1-2H3. The second-order valence-electron chi connectivity index (χ2n) is 10.0. The summed E-state index contributed by atoms with van der Waals surface area (Å²) in [4.78, 5) is 25.3. The number of ketones is 2. The molecule has 0 N–H and O–H groups in total. The Balaban J connectivity index is 2.15. The average Bonchev–Trinajstić information content (AvgIpc) is 2.81. The highest BCUT2D eigenvalue weighted by atomic mass is 79.9. The van der Waals surface area contributed by atoms with Crippen LogP contribution in [0.15, 0.2) is 21.7 Å². The van der Waals surface area contributed by atoms with E-state index in [-0.39, 0.29) is 11.6 Å². The number of Topliss-reactive ketones (excluding diaryl/α,β-unsaturated/α-hetero) is 1. The summed E-state index contributed by atoms with van der Waals surface area (Å²) in [5.41, 5.74) is 1.41. The summed E-state index contributed by atoms with van der Waals surface area (Å²) in [6.45, 7) is 4.52. The summed E-state index contributed by atoms with van der Waals surface area (Å²) in [7, 11) is 0. The number of carbonyl (C=O) groups is 2. The summed E-state index contributed by atoms with van der Waals surface area (Å²) in [6, 6.07) is 0. The first-order chi connectivity index (χ1) is 16.1. The van der Waals surface area contributed by atoms with E-state index in [1.165, 1.54) is 103 Å². The maximum Gasteiger partial charge on any atom is 0.196 e. The molecular formula is C30H51BrO2. The van der Waals surface area contributed by atoms with Gasteiger partial charge in [-0.1, -0.05) is 129 Å². The van der Waals surface area contributed by atoms with E-state index in [0.29, 0.717) is 15.6 Å². The first kappa shape index (κ1) is 30.3. The number of carbonyl (C=O) groups excluding carboxylic acids is 2. The molecule has 0 bridgehead atoms. The lowest BCUT2D eigenvalue weighted by atomic mass is 9.90. The van der Waals surface area contributed by atoms with Crippen LogP contribution in [-0.2, 0) is 9.59 Å². The number of hydrogen-bond acceptors (Lipinski definition) is 2. The van der Waals surface area contributed by atoms with Crippen LogP contribution in [0.3, 0.4) is 0 Å². The lowest BCUT2D eigenvalue weighted by Crippen LogP contribution is -2.17. The van der Waals surface area contributed by atoms with Crippen LogP contribution in [0.2, 0.25) is 0 Å². The first-order valence-electron chi connectivity index (χ1n) is 14.3. The number of hydrogen-bond donors (Lipinski definition) is 0. The summed E-state index contributed by atoms with van der Waals surface area (Å²) >= 11 is 3.46. The topological polar surface area (TPSA) is 34.1 Å². The summed E-state index contributed by atoms with van der Waals surface area (Å²) in [5.74, 6) is 0.104. The zero-order valence-corrected chi connectivity index (χ0v) is 23.4. The molecule has 0 saturated heterocycles. The van der Waals surface area contributed by atoms with Crippen molar-refractivity contribution in [3.63, 3.8) is 0 Å². The molecule has 190 valence electrons. The van der Waals surface area contributed by atoms with Gasteiger partial charge in [-0.05, 0) is 47.7 Å². The molecule has 1 aliphatic rings. The first-order valence-corrected chi connectivity index (χ1v) is 15.1. The van der Waals surface area contributed by atoms with Gasteiger partial charge in [0.15, 0.2) is 11.6 Å². The smallest absolute Gasteiger partial charge is 0.196 e. The zero-order chi connectivity index (χ0) is 24.2. The molecule has 0 aromatic heterocycles. The number of rotatable bonds is 22. The van der Waals surface area contributed by atoms with Gasteiger partial charge in [0, 0.05) is 11.1 Å². The third kappa shape index (κ3) is 14.3. The van der Waals surface area contributed by atoms with E-state index < -0.39 is 0 Å². The molecule has 0 spiro atoms. The Kier molecular flexibility index (Phi) is 19.0. The average molecular weight is 524 g/mol. The van der Waals surface area contributed by atoms with Crippen LogP contribution in [0.25, 0.3) is 0 Å². The van der Waals surface area contributed by atoms with Gasteiger partial charge in [-0.15, -0.1) is 0 Å². The highest BCUT2D eigenvalue weighted by molar-refractivity contribution is 9.12. The SMILES string of the molecule is CCCCCCCCCCCCC1=CC(=O)C(CCCCCCCCCCCC)=C(Br)C1=O. The molecule has 0 radical (unpaired) electrons. The molecule has 2 nitrogen and oxygen atoms in total. The van der Waals surface area contributed by atoms with Crippen LogP contribution >= 0.6 is 15.9 Å². The van der Waals surface area contributed by atoms with E-state index in [1.807, 2.05) is 0 Å². The van der Waals surface area contributed by atoms with Gasteiger partial charge >= 0.3 is 0 Å². The van der Waals surface area contributed by atoms with E-state index >= 15 is 0 Å². The van der Waals surface area contributed by atoms with Crippen molar-refractivity contribution in [3.05, 3.63) is 21.7 Å². The minimum Gasteiger partial charge on any atom is -0.290 e. The zero-order valence-electron chi connectivity index (χ0n) is 21.8. The molecule has 0 aliphatic heterocycles. The van der Waals surface area contributed by atoms with E-state index in [2.05, 4.69) is 29.8 Å². The molecule has 1 rings (SSSR count). The Hall–Kier alpha value is -0.700. The second kappa shape index (κ2) is 20.7. The molecule has 3 heteroatoms. The molecule has 0 aromatic rings. The third-order valence-corrected chi connectivity index (χ3v) is 7.78. The summed E-state index contributed by atoms with van der Waals surface area (Å²) in [5, 5.41) is 0. The highest BCUT2D eigenvalue weighted by Gasteiger charge is 2.26.